The lowest BCUT2D eigenvalue weighted by molar-refractivity contribution is 0.863. The zero-order valence-corrected chi connectivity index (χ0v) is 34.1. The number of fused-ring (bicyclic) bond motifs is 2. The molecule has 7 nitrogen and oxygen atoms in total. The van der Waals surface area contributed by atoms with Gasteiger partial charge < -0.3 is 4.57 Å². The second-order valence-electron chi connectivity index (χ2n) is 16.2. The number of imidazole rings is 2. The summed E-state index contributed by atoms with van der Waals surface area (Å²) in [5.41, 5.74) is 13.4. The summed E-state index contributed by atoms with van der Waals surface area (Å²) in [5.74, 6) is 4.70. The van der Waals surface area contributed by atoms with Gasteiger partial charge in [0.2, 0.25) is 0 Å². The molecule has 0 spiro atoms. The van der Waals surface area contributed by atoms with Crippen LogP contribution in [0.2, 0.25) is 0 Å². The molecule has 9 rings (SSSR count). The molecule has 58 heavy (non-hydrogen) atoms. The summed E-state index contributed by atoms with van der Waals surface area (Å²) in [5, 5.41) is 0. The minimum absolute atomic E-state index is 0.376. The average molecular weight is 758 g/mol. The summed E-state index contributed by atoms with van der Waals surface area (Å²) in [4.78, 5) is 26.1. The quantitative estimate of drug-likeness (QED) is 0.147. The Morgan fingerprint density at radius 1 is 0.379 bits per heavy atom. The number of aromatic nitrogens is 7. The lowest BCUT2D eigenvalue weighted by Crippen LogP contribution is -2.03. The van der Waals surface area contributed by atoms with Crippen LogP contribution in [0, 0.1) is 0 Å². The van der Waals surface area contributed by atoms with E-state index >= 15 is 0 Å². The van der Waals surface area contributed by atoms with Crippen molar-refractivity contribution in [3.63, 3.8) is 0 Å². The highest BCUT2D eigenvalue weighted by molar-refractivity contribution is 5.87. The lowest BCUT2D eigenvalue weighted by Gasteiger charge is -2.15. The monoisotopic (exact) mass is 757 g/mol. The Morgan fingerprint density at radius 2 is 0.845 bits per heavy atom. The van der Waals surface area contributed by atoms with E-state index < -0.39 is 0 Å². The zero-order valence-electron chi connectivity index (χ0n) is 34.1. The molecule has 0 aliphatic rings. The maximum Gasteiger partial charge on any atom is 0.164 e. The Morgan fingerprint density at radius 3 is 1.40 bits per heavy atom. The van der Waals surface area contributed by atoms with E-state index in [-0.39, 0.29) is 0 Å². The van der Waals surface area contributed by atoms with Crippen LogP contribution in [0.15, 0.2) is 140 Å². The Labute approximate surface area is 340 Å². The minimum Gasteiger partial charge on any atom is -0.327 e. The van der Waals surface area contributed by atoms with Crippen molar-refractivity contribution >= 4 is 22.1 Å². The van der Waals surface area contributed by atoms with E-state index in [1.165, 1.54) is 16.7 Å². The molecule has 3 heterocycles. The van der Waals surface area contributed by atoms with Crippen LogP contribution < -0.4 is 0 Å². The number of hydrogen-bond donors (Lipinski definition) is 0. The molecule has 9 aromatic rings. The standard InChI is InChI=1S/C51H47N7/c1-31(2)34-19-23-36(24-20-34)47-54-48(37-25-21-35(22-26-37)32(3)4)56-49(55-47)39-27-40(50-52-43-15-8-10-17-45(43)57(50)7)29-41(28-39)51-53-44-16-9-11-18-46(44)58(51)42-14-12-13-38(30-42)33(5)6/h8-33H,1-7H3. The summed E-state index contributed by atoms with van der Waals surface area (Å²) < 4.78 is 4.43. The Hall–Kier alpha value is -6.73. The number of nitrogens with zero attached hydrogens (tertiary/aromatic N) is 7. The Bertz CT molecular complexity index is 2860. The van der Waals surface area contributed by atoms with Crippen molar-refractivity contribution in [2.45, 2.75) is 59.3 Å². The molecule has 0 saturated carbocycles. The van der Waals surface area contributed by atoms with E-state index in [2.05, 4.69) is 185 Å². The normalized spacial score (nSPS) is 11.8. The highest BCUT2D eigenvalue weighted by atomic mass is 15.1. The average Bonchev–Trinajstić information content (AvgIpc) is 3.81. The molecule has 0 fully saturated rings. The van der Waals surface area contributed by atoms with Crippen LogP contribution in [0.25, 0.3) is 84.7 Å². The molecule has 3 aromatic heterocycles. The molecule has 286 valence electrons. The molecule has 0 aliphatic heterocycles. The van der Waals surface area contributed by atoms with Crippen molar-refractivity contribution in [3.05, 3.63) is 156 Å². The van der Waals surface area contributed by atoms with Crippen molar-refractivity contribution in [1.82, 2.24) is 34.1 Å². The van der Waals surface area contributed by atoms with Crippen LogP contribution in [0.3, 0.4) is 0 Å². The van der Waals surface area contributed by atoms with Crippen molar-refractivity contribution < 1.29 is 0 Å². The Kier molecular flexibility index (Phi) is 9.52. The topological polar surface area (TPSA) is 74.3 Å². The van der Waals surface area contributed by atoms with Gasteiger partial charge in [-0.2, -0.15) is 0 Å². The highest BCUT2D eigenvalue weighted by Gasteiger charge is 2.21. The van der Waals surface area contributed by atoms with Gasteiger partial charge in [-0.15, -0.1) is 0 Å². The number of benzene rings is 6. The maximum atomic E-state index is 5.33. The molecule has 0 unspecified atom stereocenters. The third-order valence-electron chi connectivity index (χ3n) is 11.2. The van der Waals surface area contributed by atoms with E-state index in [0.29, 0.717) is 35.2 Å². The van der Waals surface area contributed by atoms with Crippen LogP contribution >= 0.6 is 0 Å². The zero-order chi connectivity index (χ0) is 40.1. The van der Waals surface area contributed by atoms with Crippen LogP contribution in [0.1, 0.15) is 76.0 Å². The van der Waals surface area contributed by atoms with Gasteiger partial charge in [0.05, 0.1) is 22.1 Å². The highest BCUT2D eigenvalue weighted by Crippen LogP contribution is 2.37. The first-order chi connectivity index (χ1) is 28.1. The minimum atomic E-state index is 0.376. The summed E-state index contributed by atoms with van der Waals surface area (Å²) >= 11 is 0. The number of aryl methyl sites for hydroxylation is 1. The van der Waals surface area contributed by atoms with Gasteiger partial charge in [-0.25, -0.2) is 24.9 Å². The molecule has 0 radical (unpaired) electrons. The van der Waals surface area contributed by atoms with Crippen LogP contribution in [0.4, 0.5) is 0 Å². The molecule has 0 aliphatic carbocycles. The fraction of sp³-hybridized carbons (Fsp3) is 0.196. The van der Waals surface area contributed by atoms with Crippen LogP contribution in [0.5, 0.6) is 0 Å². The summed E-state index contributed by atoms with van der Waals surface area (Å²) in [6.07, 6.45) is 0. The molecular weight excluding hydrogens is 711 g/mol. The second kappa shape index (κ2) is 15.0. The second-order valence-corrected chi connectivity index (χ2v) is 16.2. The number of rotatable bonds is 9. The van der Waals surface area contributed by atoms with Gasteiger partial charge in [0.25, 0.3) is 0 Å². The van der Waals surface area contributed by atoms with Crippen LogP contribution in [-0.4, -0.2) is 34.1 Å². The van der Waals surface area contributed by atoms with E-state index in [4.69, 9.17) is 24.9 Å². The lowest BCUT2D eigenvalue weighted by atomic mass is 10.0. The number of hydrogen-bond acceptors (Lipinski definition) is 5. The summed E-state index contributed by atoms with van der Waals surface area (Å²) in [6.45, 7) is 13.3. The molecule has 0 saturated heterocycles. The number of para-hydroxylation sites is 4. The summed E-state index contributed by atoms with van der Waals surface area (Å²) in [6, 6.07) is 49.1. The van der Waals surface area contributed by atoms with Crippen molar-refractivity contribution in [2.75, 3.05) is 0 Å². The maximum absolute atomic E-state index is 5.33. The van der Waals surface area contributed by atoms with E-state index in [9.17, 15) is 0 Å². The molecular formula is C51H47N7. The van der Waals surface area contributed by atoms with Gasteiger partial charge in [-0.3, -0.25) is 4.57 Å². The van der Waals surface area contributed by atoms with Gasteiger partial charge in [0, 0.05) is 40.6 Å². The third-order valence-corrected chi connectivity index (χ3v) is 11.2. The predicted octanol–water partition coefficient (Wildman–Crippen LogP) is 12.8. The largest absolute Gasteiger partial charge is 0.327 e. The van der Waals surface area contributed by atoms with Gasteiger partial charge in [0.1, 0.15) is 11.6 Å². The van der Waals surface area contributed by atoms with E-state index in [0.717, 1.165) is 67.2 Å². The first-order valence-corrected chi connectivity index (χ1v) is 20.2. The third kappa shape index (κ3) is 6.87. The van der Waals surface area contributed by atoms with Gasteiger partial charge in [-0.1, -0.05) is 126 Å². The molecule has 0 bridgehead atoms. The van der Waals surface area contributed by atoms with E-state index in [1.54, 1.807) is 0 Å². The SMILES string of the molecule is CC(C)c1ccc(-c2nc(-c3ccc(C(C)C)cc3)nc(-c3cc(-c4nc5ccccc5n4C)cc(-c4nc5ccccc5n4-c4cccc(C(C)C)c4)c3)n2)cc1. The molecule has 0 atom stereocenters. The van der Waals surface area contributed by atoms with Crippen LogP contribution in [-0.2, 0) is 7.05 Å². The first kappa shape index (κ1) is 36.9. The van der Waals surface area contributed by atoms with Crippen molar-refractivity contribution in [1.29, 1.82) is 0 Å². The van der Waals surface area contributed by atoms with Crippen molar-refractivity contribution in [3.8, 4) is 62.6 Å². The fourth-order valence-corrected chi connectivity index (χ4v) is 7.72. The molecule has 7 heteroatoms. The smallest absolute Gasteiger partial charge is 0.164 e. The van der Waals surface area contributed by atoms with E-state index in [1.807, 2.05) is 12.1 Å². The first-order valence-electron chi connectivity index (χ1n) is 20.2. The van der Waals surface area contributed by atoms with Gasteiger partial charge >= 0.3 is 0 Å². The molecule has 0 amide bonds. The molecule has 6 aromatic carbocycles. The molecule has 0 N–H and O–H groups in total. The van der Waals surface area contributed by atoms with Gasteiger partial charge in [0.15, 0.2) is 17.5 Å². The van der Waals surface area contributed by atoms with Crippen molar-refractivity contribution in [2.24, 2.45) is 7.05 Å². The predicted molar refractivity (Wildman–Crippen MR) is 238 cm³/mol. The summed E-state index contributed by atoms with van der Waals surface area (Å²) in [7, 11) is 2.07. The van der Waals surface area contributed by atoms with Gasteiger partial charge in [-0.05, 0) is 89.0 Å². The fourth-order valence-electron chi connectivity index (χ4n) is 7.72. The Balaban J connectivity index is 1.31.